The van der Waals surface area contributed by atoms with Crippen LogP contribution in [0, 0.1) is 0 Å². The van der Waals surface area contributed by atoms with Gasteiger partial charge in [0, 0.05) is 6.20 Å². The maximum Gasteiger partial charge on any atom is 0.155 e. The number of aliphatic hydroxyl groups is 1. The second-order valence-electron chi connectivity index (χ2n) is 2.54. The van der Waals surface area contributed by atoms with Crippen molar-refractivity contribution < 1.29 is 5.11 Å². The zero-order valence-electron chi connectivity index (χ0n) is 6.70. The molecule has 0 radical (unpaired) electrons. The van der Waals surface area contributed by atoms with Crippen LogP contribution in [0.15, 0.2) is 24.4 Å². The third kappa shape index (κ3) is 1.76. The minimum absolute atomic E-state index is 0.627. The summed E-state index contributed by atoms with van der Waals surface area (Å²) in [4.78, 5) is 4.01. The maximum absolute atomic E-state index is 9.62. The van der Waals surface area contributed by atoms with Crippen LogP contribution in [0.4, 0.5) is 0 Å². The Morgan fingerprint density at radius 2 is 2.27 bits per heavy atom. The third-order valence-electron chi connectivity index (χ3n) is 1.65. The summed E-state index contributed by atoms with van der Waals surface area (Å²) in [5.41, 5.74) is -0.399. The number of aromatic nitrogens is 1. The maximum atomic E-state index is 9.62. The van der Waals surface area contributed by atoms with E-state index >= 15 is 0 Å². The summed E-state index contributed by atoms with van der Waals surface area (Å²) < 4.78 is 0. The lowest BCUT2D eigenvalue weighted by molar-refractivity contribution is 0.0238. The highest BCUT2D eigenvalue weighted by molar-refractivity contribution is 5.10. The minimum Gasteiger partial charge on any atom is -0.370 e. The zero-order chi connectivity index (χ0) is 8.32. The fourth-order valence-electron chi connectivity index (χ4n) is 0.779. The van der Waals surface area contributed by atoms with Crippen molar-refractivity contribution in [1.82, 2.24) is 10.3 Å². The average Bonchev–Trinajstić information content (AvgIpc) is 2.06. The Labute approximate surface area is 66.1 Å². The lowest BCUT2D eigenvalue weighted by atomic mass is 10.1. The van der Waals surface area contributed by atoms with Crippen molar-refractivity contribution in [2.75, 3.05) is 7.05 Å². The Bertz CT molecular complexity index is 221. The van der Waals surface area contributed by atoms with Gasteiger partial charge in [0.25, 0.3) is 0 Å². The van der Waals surface area contributed by atoms with Crippen LogP contribution >= 0.6 is 0 Å². The van der Waals surface area contributed by atoms with Crippen molar-refractivity contribution in [3.05, 3.63) is 30.1 Å². The normalized spacial score (nSPS) is 15.9. The SMILES string of the molecule is CNC(C)(O)c1ccccn1. The Morgan fingerprint density at radius 1 is 1.55 bits per heavy atom. The van der Waals surface area contributed by atoms with Gasteiger partial charge in [-0.05, 0) is 26.1 Å². The molecule has 0 aliphatic heterocycles. The first-order chi connectivity index (χ1) is 5.17. The number of nitrogens with zero attached hydrogens (tertiary/aromatic N) is 1. The van der Waals surface area contributed by atoms with E-state index in [0.717, 1.165) is 0 Å². The summed E-state index contributed by atoms with van der Waals surface area (Å²) in [5, 5.41) is 12.4. The van der Waals surface area contributed by atoms with Gasteiger partial charge >= 0.3 is 0 Å². The van der Waals surface area contributed by atoms with E-state index in [-0.39, 0.29) is 0 Å². The Balaban J connectivity index is 2.93. The van der Waals surface area contributed by atoms with E-state index < -0.39 is 5.72 Å². The molecule has 0 aromatic carbocycles. The summed E-state index contributed by atoms with van der Waals surface area (Å²) >= 11 is 0. The molecule has 0 amide bonds. The van der Waals surface area contributed by atoms with Crippen LogP contribution in [0.25, 0.3) is 0 Å². The highest BCUT2D eigenvalue weighted by atomic mass is 16.3. The van der Waals surface area contributed by atoms with Crippen molar-refractivity contribution in [2.45, 2.75) is 12.6 Å². The highest BCUT2D eigenvalue weighted by Crippen LogP contribution is 2.12. The van der Waals surface area contributed by atoms with Crippen molar-refractivity contribution >= 4 is 0 Å². The second kappa shape index (κ2) is 2.98. The molecule has 3 nitrogen and oxygen atoms in total. The fourth-order valence-corrected chi connectivity index (χ4v) is 0.779. The van der Waals surface area contributed by atoms with Gasteiger partial charge in [0.1, 0.15) is 0 Å². The van der Waals surface area contributed by atoms with Crippen LogP contribution in [0.1, 0.15) is 12.6 Å². The van der Waals surface area contributed by atoms with E-state index in [9.17, 15) is 5.11 Å². The highest BCUT2D eigenvalue weighted by Gasteiger charge is 2.20. The van der Waals surface area contributed by atoms with Crippen molar-refractivity contribution in [2.24, 2.45) is 0 Å². The van der Waals surface area contributed by atoms with Gasteiger partial charge in [0.05, 0.1) is 5.69 Å². The van der Waals surface area contributed by atoms with Gasteiger partial charge < -0.3 is 5.11 Å². The van der Waals surface area contributed by atoms with Crippen molar-refractivity contribution in [1.29, 1.82) is 0 Å². The average molecular weight is 152 g/mol. The summed E-state index contributed by atoms with van der Waals surface area (Å²) in [5.74, 6) is 0. The standard InChI is InChI=1S/C8H12N2O/c1-8(11,9-2)7-5-3-4-6-10-7/h3-6,9,11H,1-2H3. The molecule has 0 aliphatic rings. The van der Waals surface area contributed by atoms with E-state index in [1.54, 1.807) is 26.2 Å². The third-order valence-corrected chi connectivity index (χ3v) is 1.65. The molecule has 1 atom stereocenters. The number of rotatable bonds is 2. The van der Waals surface area contributed by atoms with E-state index in [1.807, 2.05) is 12.1 Å². The van der Waals surface area contributed by atoms with Crippen LogP contribution in [0.3, 0.4) is 0 Å². The number of hydrogen-bond donors (Lipinski definition) is 2. The predicted molar refractivity (Wildman–Crippen MR) is 42.9 cm³/mol. The molecule has 1 rings (SSSR count). The summed E-state index contributed by atoms with van der Waals surface area (Å²) in [7, 11) is 1.69. The molecule has 0 fully saturated rings. The smallest absolute Gasteiger partial charge is 0.155 e. The van der Waals surface area contributed by atoms with Gasteiger partial charge in [-0.1, -0.05) is 6.07 Å². The van der Waals surface area contributed by atoms with Crippen LogP contribution in [-0.2, 0) is 5.72 Å². The minimum atomic E-state index is -1.03. The van der Waals surface area contributed by atoms with E-state index in [2.05, 4.69) is 10.3 Å². The monoisotopic (exact) mass is 152 g/mol. The molecule has 0 saturated heterocycles. The van der Waals surface area contributed by atoms with Crippen LogP contribution in [0.5, 0.6) is 0 Å². The van der Waals surface area contributed by atoms with E-state index in [0.29, 0.717) is 5.69 Å². The second-order valence-corrected chi connectivity index (χ2v) is 2.54. The van der Waals surface area contributed by atoms with Crippen LogP contribution in [0.2, 0.25) is 0 Å². The van der Waals surface area contributed by atoms with E-state index in [4.69, 9.17) is 0 Å². The topological polar surface area (TPSA) is 45.1 Å². The molecule has 0 bridgehead atoms. The van der Waals surface area contributed by atoms with E-state index in [1.165, 1.54) is 0 Å². The first-order valence-corrected chi connectivity index (χ1v) is 3.49. The quantitative estimate of drug-likeness (QED) is 0.605. The molecule has 60 valence electrons. The molecule has 2 N–H and O–H groups in total. The van der Waals surface area contributed by atoms with Gasteiger partial charge in [0.15, 0.2) is 5.72 Å². The van der Waals surface area contributed by atoms with Crippen molar-refractivity contribution in [3.8, 4) is 0 Å². The molecule has 1 heterocycles. The molecule has 0 saturated carbocycles. The lowest BCUT2D eigenvalue weighted by Gasteiger charge is -2.21. The fraction of sp³-hybridized carbons (Fsp3) is 0.375. The molecular formula is C8H12N2O. The Morgan fingerprint density at radius 3 is 2.73 bits per heavy atom. The van der Waals surface area contributed by atoms with Gasteiger partial charge in [0.2, 0.25) is 0 Å². The first kappa shape index (κ1) is 8.17. The Kier molecular flexibility index (Phi) is 2.22. The summed E-state index contributed by atoms with van der Waals surface area (Å²) in [6.45, 7) is 1.66. The van der Waals surface area contributed by atoms with Crippen LogP contribution < -0.4 is 5.32 Å². The number of nitrogens with one attached hydrogen (secondary N) is 1. The van der Waals surface area contributed by atoms with Gasteiger partial charge in [-0.2, -0.15) is 0 Å². The van der Waals surface area contributed by atoms with Gasteiger partial charge in [-0.15, -0.1) is 0 Å². The molecule has 11 heavy (non-hydrogen) atoms. The predicted octanol–water partition coefficient (Wildman–Crippen LogP) is 0.466. The largest absolute Gasteiger partial charge is 0.370 e. The molecule has 1 unspecified atom stereocenters. The van der Waals surface area contributed by atoms with Gasteiger partial charge in [-0.25, -0.2) is 0 Å². The lowest BCUT2D eigenvalue weighted by Crippen LogP contribution is -2.37. The summed E-state index contributed by atoms with van der Waals surface area (Å²) in [6, 6.07) is 5.43. The first-order valence-electron chi connectivity index (χ1n) is 3.49. The molecule has 1 aromatic heterocycles. The van der Waals surface area contributed by atoms with Crippen LogP contribution in [-0.4, -0.2) is 17.1 Å². The molecule has 1 aromatic rings. The summed E-state index contributed by atoms with van der Waals surface area (Å²) in [6.07, 6.45) is 1.65. The Hall–Kier alpha value is -0.930. The number of pyridine rings is 1. The molecule has 3 heteroatoms. The number of hydrogen-bond acceptors (Lipinski definition) is 3. The molecule has 0 spiro atoms. The molecular weight excluding hydrogens is 140 g/mol. The van der Waals surface area contributed by atoms with Crippen molar-refractivity contribution in [3.63, 3.8) is 0 Å². The molecule has 0 aliphatic carbocycles. The van der Waals surface area contributed by atoms with Gasteiger partial charge in [-0.3, -0.25) is 10.3 Å². The zero-order valence-corrected chi connectivity index (χ0v) is 6.70.